The van der Waals surface area contributed by atoms with Crippen molar-refractivity contribution in [3.8, 4) is 5.69 Å². The summed E-state index contributed by atoms with van der Waals surface area (Å²) >= 11 is 0. The van der Waals surface area contributed by atoms with E-state index in [1.54, 1.807) is 36.6 Å². The van der Waals surface area contributed by atoms with Gasteiger partial charge in [-0.25, -0.2) is 9.18 Å². The molecule has 3 rings (SSSR count). The SMILES string of the molecule is CCC(C)(C)NC(=O)Cn1c(C(=O)OC(C)C)cc2c1ccn2-c1ccc(F)cc1. The van der Waals surface area contributed by atoms with Gasteiger partial charge in [0.05, 0.1) is 17.1 Å². The maximum atomic E-state index is 13.3. The van der Waals surface area contributed by atoms with E-state index in [0.717, 1.165) is 23.1 Å². The number of rotatable bonds is 7. The molecule has 0 bridgehead atoms. The third-order valence-corrected chi connectivity index (χ3v) is 5.08. The van der Waals surface area contributed by atoms with Gasteiger partial charge in [0.15, 0.2) is 0 Å². The molecule has 30 heavy (non-hydrogen) atoms. The van der Waals surface area contributed by atoms with E-state index in [-0.39, 0.29) is 29.9 Å². The minimum Gasteiger partial charge on any atom is -0.458 e. The topological polar surface area (TPSA) is 65.3 Å². The number of halogens is 1. The van der Waals surface area contributed by atoms with E-state index in [2.05, 4.69) is 5.32 Å². The lowest BCUT2D eigenvalue weighted by molar-refractivity contribution is -0.123. The summed E-state index contributed by atoms with van der Waals surface area (Å²) in [5.41, 5.74) is 2.17. The number of aromatic nitrogens is 2. The smallest absolute Gasteiger partial charge is 0.355 e. The molecule has 0 saturated carbocycles. The van der Waals surface area contributed by atoms with E-state index in [9.17, 15) is 14.0 Å². The van der Waals surface area contributed by atoms with Gasteiger partial charge in [-0.2, -0.15) is 0 Å². The van der Waals surface area contributed by atoms with Gasteiger partial charge in [0.1, 0.15) is 18.1 Å². The number of amides is 1. The molecule has 0 unspecified atom stereocenters. The van der Waals surface area contributed by atoms with Crippen molar-refractivity contribution in [1.82, 2.24) is 14.5 Å². The van der Waals surface area contributed by atoms with Crippen LogP contribution < -0.4 is 5.32 Å². The van der Waals surface area contributed by atoms with Crippen molar-refractivity contribution in [1.29, 1.82) is 0 Å². The Kier molecular flexibility index (Phi) is 6.01. The van der Waals surface area contributed by atoms with E-state index in [0.29, 0.717) is 5.69 Å². The Labute approximate surface area is 175 Å². The number of carbonyl (C=O) groups is 2. The highest BCUT2D eigenvalue weighted by Gasteiger charge is 2.24. The lowest BCUT2D eigenvalue weighted by Crippen LogP contribution is -2.44. The van der Waals surface area contributed by atoms with E-state index in [4.69, 9.17) is 4.74 Å². The molecule has 0 radical (unpaired) electrons. The lowest BCUT2D eigenvalue weighted by atomic mass is 10.0. The molecule has 1 amide bonds. The van der Waals surface area contributed by atoms with Crippen molar-refractivity contribution in [3.05, 3.63) is 54.1 Å². The fourth-order valence-corrected chi connectivity index (χ4v) is 3.23. The first-order valence-corrected chi connectivity index (χ1v) is 10.1. The van der Waals surface area contributed by atoms with Crippen molar-refractivity contribution in [3.63, 3.8) is 0 Å². The fourth-order valence-electron chi connectivity index (χ4n) is 3.23. The second-order valence-electron chi connectivity index (χ2n) is 8.29. The lowest BCUT2D eigenvalue weighted by Gasteiger charge is -2.25. The molecule has 6 nitrogen and oxygen atoms in total. The number of nitrogens with one attached hydrogen (secondary N) is 1. The van der Waals surface area contributed by atoms with Crippen LogP contribution in [0.3, 0.4) is 0 Å². The van der Waals surface area contributed by atoms with Crippen LogP contribution in [-0.2, 0) is 16.1 Å². The van der Waals surface area contributed by atoms with E-state index < -0.39 is 5.97 Å². The molecule has 0 aliphatic carbocycles. The van der Waals surface area contributed by atoms with Gasteiger partial charge in [-0.05, 0) is 70.5 Å². The summed E-state index contributed by atoms with van der Waals surface area (Å²) in [4.78, 5) is 25.4. The van der Waals surface area contributed by atoms with Gasteiger partial charge in [-0.15, -0.1) is 0 Å². The van der Waals surface area contributed by atoms with Gasteiger partial charge < -0.3 is 19.2 Å². The van der Waals surface area contributed by atoms with E-state index >= 15 is 0 Å². The third-order valence-electron chi connectivity index (χ3n) is 5.08. The van der Waals surface area contributed by atoms with Gasteiger partial charge in [-0.3, -0.25) is 4.79 Å². The van der Waals surface area contributed by atoms with Crippen LogP contribution in [0, 0.1) is 5.82 Å². The molecular formula is C23H28FN3O3. The molecule has 160 valence electrons. The Bertz CT molecular complexity index is 1060. The number of benzene rings is 1. The summed E-state index contributed by atoms with van der Waals surface area (Å²) in [7, 11) is 0. The van der Waals surface area contributed by atoms with Crippen LogP contribution in [0.2, 0.25) is 0 Å². The van der Waals surface area contributed by atoms with Crippen LogP contribution in [0.25, 0.3) is 16.7 Å². The zero-order valence-electron chi connectivity index (χ0n) is 18.0. The minimum absolute atomic E-state index is 0.0110. The molecule has 7 heteroatoms. The number of esters is 1. The normalized spacial score (nSPS) is 11.8. The third kappa shape index (κ3) is 4.56. The second kappa shape index (κ2) is 8.34. The average Bonchev–Trinajstić information content (AvgIpc) is 3.22. The first kappa shape index (κ1) is 21.6. The molecule has 2 aromatic heterocycles. The van der Waals surface area contributed by atoms with Crippen molar-refractivity contribution in [2.45, 2.75) is 59.2 Å². The van der Waals surface area contributed by atoms with Crippen molar-refractivity contribution >= 4 is 22.9 Å². The van der Waals surface area contributed by atoms with Crippen LogP contribution in [0.1, 0.15) is 51.5 Å². The Balaban J connectivity index is 2.05. The van der Waals surface area contributed by atoms with Gasteiger partial charge in [0, 0.05) is 17.4 Å². The second-order valence-corrected chi connectivity index (χ2v) is 8.29. The first-order chi connectivity index (χ1) is 14.1. The van der Waals surface area contributed by atoms with Gasteiger partial charge >= 0.3 is 5.97 Å². The summed E-state index contributed by atoms with van der Waals surface area (Å²) in [6.45, 7) is 9.45. The number of hydrogen-bond donors (Lipinski definition) is 1. The molecule has 1 N–H and O–H groups in total. The molecule has 3 aromatic rings. The Morgan fingerprint density at radius 1 is 1.13 bits per heavy atom. The predicted molar refractivity (Wildman–Crippen MR) is 114 cm³/mol. The van der Waals surface area contributed by atoms with Crippen LogP contribution >= 0.6 is 0 Å². The Morgan fingerprint density at radius 3 is 2.40 bits per heavy atom. The number of hydrogen-bond acceptors (Lipinski definition) is 3. The van der Waals surface area contributed by atoms with Crippen LogP contribution in [0.5, 0.6) is 0 Å². The summed E-state index contributed by atoms with van der Waals surface area (Å²) in [6, 6.07) is 9.63. The number of fused-ring (bicyclic) bond motifs is 1. The van der Waals surface area contributed by atoms with Crippen LogP contribution in [0.15, 0.2) is 42.6 Å². The zero-order valence-corrected chi connectivity index (χ0v) is 18.0. The van der Waals surface area contributed by atoms with Crippen LogP contribution in [-0.4, -0.2) is 32.7 Å². The van der Waals surface area contributed by atoms with Gasteiger partial charge in [0.25, 0.3) is 0 Å². The van der Waals surface area contributed by atoms with Gasteiger partial charge in [-0.1, -0.05) is 6.92 Å². The molecular weight excluding hydrogens is 385 g/mol. The van der Waals surface area contributed by atoms with E-state index in [1.165, 1.54) is 12.1 Å². The summed E-state index contributed by atoms with van der Waals surface area (Å²) in [5, 5.41) is 3.00. The summed E-state index contributed by atoms with van der Waals surface area (Å²) in [6.07, 6.45) is 2.33. The molecule has 1 aromatic carbocycles. The highest BCUT2D eigenvalue weighted by Crippen LogP contribution is 2.26. The molecule has 0 saturated heterocycles. The summed E-state index contributed by atoms with van der Waals surface area (Å²) < 4.78 is 22.2. The fraction of sp³-hybridized carbons (Fsp3) is 0.391. The number of ether oxygens (including phenoxy) is 1. The largest absolute Gasteiger partial charge is 0.458 e. The number of carbonyl (C=O) groups excluding carboxylic acids is 2. The molecule has 0 spiro atoms. The number of nitrogens with zero attached hydrogens (tertiary/aromatic N) is 2. The summed E-state index contributed by atoms with van der Waals surface area (Å²) in [5.74, 6) is -1.00. The molecule has 0 aliphatic rings. The Morgan fingerprint density at radius 2 is 1.80 bits per heavy atom. The quantitative estimate of drug-likeness (QED) is 0.583. The zero-order chi connectivity index (χ0) is 22.1. The predicted octanol–water partition coefficient (Wildman–Crippen LogP) is 4.44. The molecule has 0 atom stereocenters. The highest BCUT2D eigenvalue weighted by atomic mass is 19.1. The standard InChI is InChI=1S/C23H28FN3O3/c1-6-23(4,5)25-21(28)14-27-18-11-12-26(17-9-7-16(24)8-10-17)19(18)13-20(27)22(29)30-15(2)3/h7-13,15H,6,14H2,1-5H3,(H,25,28). The van der Waals surface area contributed by atoms with Crippen molar-refractivity contribution in [2.75, 3.05) is 0 Å². The van der Waals surface area contributed by atoms with E-state index in [1.807, 2.05) is 37.6 Å². The average molecular weight is 413 g/mol. The van der Waals surface area contributed by atoms with Crippen molar-refractivity contribution < 1.29 is 18.7 Å². The molecule has 2 heterocycles. The first-order valence-electron chi connectivity index (χ1n) is 10.1. The minimum atomic E-state index is -0.491. The molecule has 0 aliphatic heterocycles. The molecule has 0 fully saturated rings. The highest BCUT2D eigenvalue weighted by molar-refractivity contribution is 5.96. The monoisotopic (exact) mass is 413 g/mol. The van der Waals surface area contributed by atoms with Crippen molar-refractivity contribution in [2.24, 2.45) is 0 Å². The maximum absolute atomic E-state index is 13.3. The maximum Gasteiger partial charge on any atom is 0.355 e. The van der Waals surface area contributed by atoms with Crippen LogP contribution in [0.4, 0.5) is 4.39 Å². The van der Waals surface area contributed by atoms with Gasteiger partial charge in [0.2, 0.25) is 5.91 Å². The Hall–Kier alpha value is -3.09.